The average Bonchev–Trinajstić information content (AvgIpc) is 1.93. The second-order valence-electron chi connectivity index (χ2n) is 2.67. The fourth-order valence-corrected chi connectivity index (χ4v) is 0.813. The van der Waals surface area contributed by atoms with Crippen molar-refractivity contribution >= 4 is 27.4 Å². The summed E-state index contributed by atoms with van der Waals surface area (Å²) >= 11 is 0. The monoisotopic (exact) mass is 318 g/mol. The van der Waals surface area contributed by atoms with Gasteiger partial charge < -0.3 is 25.4 Å². The van der Waals surface area contributed by atoms with E-state index in [4.69, 9.17) is 29.0 Å². The van der Waals surface area contributed by atoms with Crippen LogP contribution >= 0.6 is 15.6 Å². The molecule has 0 fully saturated rings. The molecule has 0 amide bonds. The van der Waals surface area contributed by atoms with E-state index in [2.05, 4.69) is 4.52 Å². The number of phosphoric acid groups is 2. The molecule has 104 valence electrons. The molecule has 0 aromatic carbocycles. The first-order chi connectivity index (χ1) is 7.31. The maximum absolute atomic E-state index is 10.5. The van der Waals surface area contributed by atoms with Crippen LogP contribution in [0.15, 0.2) is 0 Å². The van der Waals surface area contributed by atoms with Crippen LogP contribution in [0.2, 0.25) is 0 Å². The summed E-state index contributed by atoms with van der Waals surface area (Å²) in [6, 6.07) is 0. The van der Waals surface area contributed by atoms with Crippen LogP contribution in [0, 0.1) is 0 Å². The third-order valence-corrected chi connectivity index (χ3v) is 1.34. The molecule has 0 aliphatic carbocycles. The van der Waals surface area contributed by atoms with E-state index in [1.54, 1.807) is 0 Å². The van der Waals surface area contributed by atoms with Crippen molar-refractivity contribution in [2.45, 2.75) is 19.8 Å². The van der Waals surface area contributed by atoms with Crippen molar-refractivity contribution in [3.63, 3.8) is 0 Å². The van der Waals surface area contributed by atoms with Gasteiger partial charge in [0.1, 0.15) is 5.78 Å². The van der Waals surface area contributed by atoms with Crippen LogP contribution in [0.1, 0.15) is 21.2 Å². The quantitative estimate of drug-likeness (QED) is 0.255. The van der Waals surface area contributed by atoms with Crippen LogP contribution in [0.5, 0.6) is 0 Å². The summed E-state index contributed by atoms with van der Waals surface area (Å²) in [5.74, 6) is -1.31. The third kappa shape index (κ3) is 36.0. The van der Waals surface area contributed by atoms with E-state index in [0.717, 1.165) is 0 Å². The zero-order valence-corrected chi connectivity index (χ0v) is 13.4. The van der Waals surface area contributed by atoms with Gasteiger partial charge in [-0.15, -0.1) is 0 Å². The van der Waals surface area contributed by atoms with Gasteiger partial charge in [-0.1, -0.05) is 0 Å². The van der Waals surface area contributed by atoms with Crippen LogP contribution in [0.3, 0.4) is 0 Å². The Hall–Kier alpha value is 0.400. The molecular weight excluding hydrogens is 305 g/mol. The Bertz CT molecular complexity index is 353. The number of hydrogen-bond donors (Lipinski definition) is 5. The number of rotatable bonds is 4. The number of hydrogen-bond acceptors (Lipinski definition) is 5. The van der Waals surface area contributed by atoms with E-state index >= 15 is 0 Å². The Morgan fingerprint density at radius 1 is 1.06 bits per heavy atom. The molecule has 0 radical (unpaired) electrons. The van der Waals surface area contributed by atoms with Crippen molar-refractivity contribution in [1.29, 1.82) is 0 Å². The fraction of sp³-hybridized carbons (Fsp3) is 0.600. The summed E-state index contributed by atoms with van der Waals surface area (Å²) in [4.78, 5) is 58.6. The molecule has 0 heterocycles. The Morgan fingerprint density at radius 2 is 1.39 bits per heavy atom. The number of carbonyl (C=O) groups excluding carboxylic acids is 2. The second kappa shape index (κ2) is 10.2. The van der Waals surface area contributed by atoms with Crippen molar-refractivity contribution < 1.29 is 78.7 Å². The maximum atomic E-state index is 10.5. The molecule has 5 N–H and O–H groups in total. The molecule has 0 aromatic heterocycles. The fourth-order valence-electron chi connectivity index (χ4n) is 0.456. The van der Waals surface area contributed by atoms with Gasteiger partial charge in [-0.3, -0.25) is 14.6 Å². The molecule has 10 nitrogen and oxygen atoms in total. The number of ketones is 1. The molecule has 0 aromatic rings. The van der Waals surface area contributed by atoms with Gasteiger partial charge in [0.2, 0.25) is 0 Å². The SMILES string of the molecule is CC(=O)CCC(=O)OP(=O)(O)O.O=P(O)(O)O.[H-].[Na+]. The topological polar surface area (TPSA) is 179 Å². The summed E-state index contributed by atoms with van der Waals surface area (Å²) in [6.07, 6.45) is -0.376. The predicted molar refractivity (Wildman–Crippen MR) is 53.4 cm³/mol. The van der Waals surface area contributed by atoms with Crippen LogP contribution in [0.4, 0.5) is 0 Å². The van der Waals surface area contributed by atoms with Gasteiger partial charge in [-0.25, -0.2) is 9.13 Å². The molecule has 0 spiro atoms. The van der Waals surface area contributed by atoms with Gasteiger partial charge in [-0.05, 0) is 6.92 Å². The number of Topliss-reactive ketones (excluding diaryl/α,β-unsaturated/α-hetero) is 1. The summed E-state index contributed by atoms with van der Waals surface area (Å²) < 4.78 is 22.6. The number of phosphoric ester groups is 1. The normalized spacial score (nSPS) is 10.6. The van der Waals surface area contributed by atoms with Gasteiger partial charge in [0, 0.05) is 6.42 Å². The summed E-state index contributed by atoms with van der Waals surface area (Å²) in [6.45, 7) is 1.27. The van der Waals surface area contributed by atoms with Crippen LogP contribution in [-0.2, 0) is 23.2 Å². The zero-order chi connectivity index (χ0) is 14.3. The molecule has 0 aliphatic heterocycles. The van der Waals surface area contributed by atoms with Crippen LogP contribution in [-0.4, -0.2) is 36.2 Å². The van der Waals surface area contributed by atoms with E-state index in [9.17, 15) is 14.2 Å². The van der Waals surface area contributed by atoms with E-state index in [1.807, 2.05) is 0 Å². The Balaban J connectivity index is -0.000000139. The molecule has 0 bridgehead atoms. The van der Waals surface area contributed by atoms with Gasteiger partial charge in [-0.2, -0.15) is 0 Å². The minimum Gasteiger partial charge on any atom is -1.00 e. The van der Waals surface area contributed by atoms with E-state index in [-0.39, 0.29) is 49.6 Å². The Labute approximate surface area is 126 Å². The molecule has 18 heavy (non-hydrogen) atoms. The van der Waals surface area contributed by atoms with Crippen LogP contribution < -0.4 is 29.6 Å². The third-order valence-electron chi connectivity index (χ3n) is 0.902. The van der Waals surface area contributed by atoms with E-state index in [0.29, 0.717) is 0 Å². The summed E-state index contributed by atoms with van der Waals surface area (Å²) in [5, 5.41) is 0. The molecular formula is C5H13NaO10P2. The zero-order valence-electron chi connectivity index (χ0n) is 10.6. The van der Waals surface area contributed by atoms with Gasteiger partial charge in [0.05, 0.1) is 6.42 Å². The van der Waals surface area contributed by atoms with E-state index in [1.165, 1.54) is 6.92 Å². The van der Waals surface area contributed by atoms with Crippen molar-refractivity contribution in [2.24, 2.45) is 0 Å². The minimum atomic E-state index is -4.74. The molecule has 0 rings (SSSR count). The predicted octanol–water partition coefficient (Wildman–Crippen LogP) is -3.82. The van der Waals surface area contributed by atoms with Crippen LogP contribution in [0.25, 0.3) is 0 Å². The summed E-state index contributed by atoms with van der Waals surface area (Å²) in [5.41, 5.74) is 0. The largest absolute Gasteiger partial charge is 1.00 e. The van der Waals surface area contributed by atoms with Crippen molar-refractivity contribution in [3.05, 3.63) is 0 Å². The molecule has 13 heteroatoms. The Kier molecular flexibility index (Phi) is 13.3. The van der Waals surface area contributed by atoms with Gasteiger partial charge in [0.25, 0.3) is 0 Å². The average molecular weight is 318 g/mol. The molecule has 0 saturated carbocycles. The second-order valence-corrected chi connectivity index (χ2v) is 4.86. The van der Waals surface area contributed by atoms with E-state index < -0.39 is 21.6 Å². The Morgan fingerprint density at radius 3 is 1.61 bits per heavy atom. The van der Waals surface area contributed by atoms with Gasteiger partial charge >= 0.3 is 51.2 Å². The smallest absolute Gasteiger partial charge is 1.00 e. The first-order valence-electron chi connectivity index (χ1n) is 3.87. The first kappa shape index (κ1) is 23.5. The molecule has 0 unspecified atom stereocenters. The molecule has 0 saturated heterocycles. The minimum absolute atomic E-state index is 0. The standard InChI is InChI=1S/C5H9O6P.Na.H3O4P.H/c1-4(6)2-3-5(7)11-12(8,9)10;;1-5(2,3)4;/h2-3H2,1H3,(H2,8,9,10);;(H3,1,2,3,4);/q;+1;;-1. The van der Waals surface area contributed by atoms with Gasteiger partial charge in [0.15, 0.2) is 0 Å². The molecule has 0 atom stereocenters. The van der Waals surface area contributed by atoms with Crippen molar-refractivity contribution in [3.8, 4) is 0 Å². The first-order valence-corrected chi connectivity index (χ1v) is 6.96. The van der Waals surface area contributed by atoms with Crippen molar-refractivity contribution in [2.75, 3.05) is 0 Å². The summed E-state index contributed by atoms with van der Waals surface area (Å²) in [7, 11) is -9.38. The molecule has 0 aliphatic rings. The number of carbonyl (C=O) groups is 2. The van der Waals surface area contributed by atoms with Crippen molar-refractivity contribution in [1.82, 2.24) is 0 Å². The maximum Gasteiger partial charge on any atom is 1.00 e.